The molecule has 0 amide bonds. The molecule has 1 heteroatoms. The van der Waals surface area contributed by atoms with Crippen LogP contribution in [0.3, 0.4) is 0 Å². The zero-order valence-electron chi connectivity index (χ0n) is 8.60. The molecule has 0 bridgehead atoms. The van der Waals surface area contributed by atoms with Crippen molar-refractivity contribution in [2.45, 2.75) is 58.4 Å². The molecule has 12 heavy (non-hydrogen) atoms. The van der Waals surface area contributed by atoms with Crippen molar-refractivity contribution in [1.82, 2.24) is 5.32 Å². The van der Waals surface area contributed by atoms with Crippen LogP contribution in [0.4, 0.5) is 0 Å². The van der Waals surface area contributed by atoms with E-state index in [1.165, 1.54) is 45.1 Å². The molecule has 1 rings (SSSR count). The summed E-state index contributed by atoms with van der Waals surface area (Å²) in [5.41, 5.74) is 0. The monoisotopic (exact) mass is 169 g/mol. The van der Waals surface area contributed by atoms with Crippen LogP contribution in [-0.4, -0.2) is 12.6 Å². The van der Waals surface area contributed by atoms with Crippen LogP contribution >= 0.6 is 0 Å². The van der Waals surface area contributed by atoms with Gasteiger partial charge in [-0.25, -0.2) is 0 Å². The molecule has 0 aromatic rings. The Balaban J connectivity index is 2.06. The third kappa shape index (κ3) is 3.57. The summed E-state index contributed by atoms with van der Waals surface area (Å²) in [6.45, 7) is 5.84. The van der Waals surface area contributed by atoms with Crippen LogP contribution in [0, 0.1) is 5.92 Å². The molecule has 1 fully saturated rings. The Morgan fingerprint density at radius 1 is 1.33 bits per heavy atom. The van der Waals surface area contributed by atoms with Gasteiger partial charge in [0.2, 0.25) is 0 Å². The van der Waals surface area contributed by atoms with Crippen LogP contribution in [0.25, 0.3) is 0 Å². The lowest BCUT2D eigenvalue weighted by molar-refractivity contribution is 0.294. The first-order chi connectivity index (χ1) is 5.83. The van der Waals surface area contributed by atoms with Gasteiger partial charge in [0.1, 0.15) is 0 Å². The first kappa shape index (κ1) is 10.0. The Kier molecular flexibility index (Phi) is 4.67. The minimum absolute atomic E-state index is 0.769. The summed E-state index contributed by atoms with van der Waals surface area (Å²) in [6.07, 6.45) is 8.53. The fourth-order valence-electron chi connectivity index (χ4n) is 2.18. The van der Waals surface area contributed by atoms with Gasteiger partial charge < -0.3 is 5.32 Å². The SMILES string of the molecule is CCCCCC1CCNC(C)C1. The van der Waals surface area contributed by atoms with E-state index in [9.17, 15) is 0 Å². The summed E-state index contributed by atoms with van der Waals surface area (Å²) in [5.74, 6) is 1.02. The zero-order chi connectivity index (χ0) is 8.81. The predicted octanol–water partition coefficient (Wildman–Crippen LogP) is 2.95. The summed E-state index contributed by atoms with van der Waals surface area (Å²) < 4.78 is 0. The molecular weight excluding hydrogens is 146 g/mol. The Hall–Kier alpha value is -0.0400. The van der Waals surface area contributed by atoms with Crippen LogP contribution < -0.4 is 5.32 Å². The smallest absolute Gasteiger partial charge is 0.00413 e. The number of rotatable bonds is 4. The van der Waals surface area contributed by atoms with Gasteiger partial charge in [-0.1, -0.05) is 32.6 Å². The molecule has 0 aromatic heterocycles. The highest BCUT2D eigenvalue weighted by Gasteiger charge is 2.17. The van der Waals surface area contributed by atoms with Gasteiger partial charge in [-0.3, -0.25) is 0 Å². The van der Waals surface area contributed by atoms with Gasteiger partial charge in [-0.2, -0.15) is 0 Å². The highest BCUT2D eigenvalue weighted by atomic mass is 14.9. The van der Waals surface area contributed by atoms with E-state index in [1.807, 2.05) is 0 Å². The molecule has 0 aliphatic carbocycles. The van der Waals surface area contributed by atoms with Gasteiger partial charge in [-0.05, 0) is 32.2 Å². The maximum absolute atomic E-state index is 3.50. The normalized spacial score (nSPS) is 30.5. The van der Waals surface area contributed by atoms with Gasteiger partial charge in [0.15, 0.2) is 0 Å². The van der Waals surface area contributed by atoms with Crippen LogP contribution in [-0.2, 0) is 0 Å². The molecule has 1 aliphatic heterocycles. The van der Waals surface area contributed by atoms with Crippen molar-refractivity contribution in [1.29, 1.82) is 0 Å². The standard InChI is InChI=1S/C11H23N/c1-3-4-5-6-11-7-8-12-10(2)9-11/h10-12H,3-9H2,1-2H3. The van der Waals surface area contributed by atoms with Crippen LogP contribution in [0.2, 0.25) is 0 Å². The van der Waals surface area contributed by atoms with E-state index in [0.717, 1.165) is 12.0 Å². The minimum Gasteiger partial charge on any atom is -0.314 e. The summed E-state index contributed by atoms with van der Waals surface area (Å²) in [7, 11) is 0. The molecule has 1 aliphatic rings. The van der Waals surface area contributed by atoms with E-state index in [4.69, 9.17) is 0 Å². The first-order valence-corrected chi connectivity index (χ1v) is 5.56. The van der Waals surface area contributed by atoms with Gasteiger partial charge >= 0.3 is 0 Å². The van der Waals surface area contributed by atoms with Crippen LogP contribution in [0.5, 0.6) is 0 Å². The highest BCUT2D eigenvalue weighted by molar-refractivity contribution is 4.74. The summed E-state index contributed by atoms with van der Waals surface area (Å²) >= 11 is 0. The van der Waals surface area contributed by atoms with Gasteiger partial charge in [-0.15, -0.1) is 0 Å². The Morgan fingerprint density at radius 2 is 2.17 bits per heavy atom. The van der Waals surface area contributed by atoms with Gasteiger partial charge in [0.05, 0.1) is 0 Å². The summed E-state index contributed by atoms with van der Waals surface area (Å²) in [6, 6.07) is 0.769. The molecule has 72 valence electrons. The van der Waals surface area contributed by atoms with Crippen molar-refractivity contribution in [3.63, 3.8) is 0 Å². The fourth-order valence-corrected chi connectivity index (χ4v) is 2.18. The molecule has 0 aromatic carbocycles. The maximum atomic E-state index is 3.50. The average Bonchev–Trinajstić information content (AvgIpc) is 2.05. The van der Waals surface area contributed by atoms with E-state index in [2.05, 4.69) is 19.2 Å². The van der Waals surface area contributed by atoms with Crippen molar-refractivity contribution >= 4 is 0 Å². The molecule has 1 heterocycles. The Bertz CT molecular complexity index is 112. The maximum Gasteiger partial charge on any atom is 0.00413 e. The molecule has 0 spiro atoms. The third-order valence-electron chi connectivity index (χ3n) is 2.95. The van der Waals surface area contributed by atoms with E-state index in [-0.39, 0.29) is 0 Å². The zero-order valence-corrected chi connectivity index (χ0v) is 8.60. The molecular formula is C11H23N. The third-order valence-corrected chi connectivity index (χ3v) is 2.95. The molecule has 0 radical (unpaired) electrons. The average molecular weight is 169 g/mol. The van der Waals surface area contributed by atoms with Crippen molar-refractivity contribution in [3.05, 3.63) is 0 Å². The number of hydrogen-bond donors (Lipinski definition) is 1. The second-order valence-electron chi connectivity index (χ2n) is 4.24. The van der Waals surface area contributed by atoms with Crippen molar-refractivity contribution in [3.8, 4) is 0 Å². The number of unbranched alkanes of at least 4 members (excludes halogenated alkanes) is 2. The second-order valence-corrected chi connectivity index (χ2v) is 4.24. The Morgan fingerprint density at radius 3 is 2.83 bits per heavy atom. The number of nitrogens with one attached hydrogen (secondary N) is 1. The largest absolute Gasteiger partial charge is 0.314 e. The summed E-state index contributed by atoms with van der Waals surface area (Å²) in [4.78, 5) is 0. The van der Waals surface area contributed by atoms with Crippen LogP contribution in [0.1, 0.15) is 52.4 Å². The van der Waals surface area contributed by atoms with Crippen molar-refractivity contribution < 1.29 is 0 Å². The summed E-state index contributed by atoms with van der Waals surface area (Å²) in [5, 5.41) is 3.50. The molecule has 2 atom stereocenters. The lowest BCUT2D eigenvalue weighted by atomic mass is 9.89. The number of piperidine rings is 1. The highest BCUT2D eigenvalue weighted by Crippen LogP contribution is 2.21. The Labute approximate surface area is 76.9 Å². The molecule has 1 nitrogen and oxygen atoms in total. The molecule has 1 N–H and O–H groups in total. The van der Waals surface area contributed by atoms with E-state index in [1.54, 1.807) is 0 Å². The number of hydrogen-bond acceptors (Lipinski definition) is 1. The van der Waals surface area contributed by atoms with Crippen molar-refractivity contribution in [2.75, 3.05) is 6.54 Å². The van der Waals surface area contributed by atoms with Gasteiger partial charge in [0, 0.05) is 6.04 Å². The lowest BCUT2D eigenvalue weighted by Gasteiger charge is -2.27. The predicted molar refractivity (Wildman–Crippen MR) is 54.3 cm³/mol. The molecule has 2 unspecified atom stereocenters. The van der Waals surface area contributed by atoms with E-state index >= 15 is 0 Å². The van der Waals surface area contributed by atoms with Crippen molar-refractivity contribution in [2.24, 2.45) is 5.92 Å². The van der Waals surface area contributed by atoms with E-state index < -0.39 is 0 Å². The second kappa shape index (κ2) is 5.58. The van der Waals surface area contributed by atoms with E-state index in [0.29, 0.717) is 0 Å². The topological polar surface area (TPSA) is 12.0 Å². The minimum atomic E-state index is 0.769. The lowest BCUT2D eigenvalue weighted by Crippen LogP contribution is -2.35. The van der Waals surface area contributed by atoms with Crippen LogP contribution in [0.15, 0.2) is 0 Å². The van der Waals surface area contributed by atoms with Gasteiger partial charge in [0.25, 0.3) is 0 Å². The fraction of sp³-hybridized carbons (Fsp3) is 1.00. The molecule has 0 saturated carbocycles. The quantitative estimate of drug-likeness (QED) is 0.638. The molecule has 1 saturated heterocycles. The first-order valence-electron chi connectivity index (χ1n) is 5.56.